The fraction of sp³-hybridized carbons (Fsp3) is 0.320. The standard InChI is InChI=1S/C25H27ClN4O2S3/c1-4-28(5-2)14-15-29-22-21(35-25(29)33)23(31)30(19-8-6-7-9-20(19)32-3)24(27-22)34-16-17-10-12-18(26)13-11-17/h6-13H,4-5,14-16H2,1-3H3. The maximum absolute atomic E-state index is 13.9. The fourth-order valence-electron chi connectivity index (χ4n) is 3.81. The minimum absolute atomic E-state index is 0.143. The minimum Gasteiger partial charge on any atom is -0.495 e. The summed E-state index contributed by atoms with van der Waals surface area (Å²) in [6.45, 7) is 7.74. The third-order valence-electron chi connectivity index (χ3n) is 5.80. The molecule has 2 aromatic carbocycles. The number of likely N-dealkylation sites (N-methyl/N-ethyl adjacent to an activating group) is 1. The molecule has 0 N–H and O–H groups in total. The Hall–Kier alpha value is -2.17. The monoisotopic (exact) mass is 546 g/mol. The second-order valence-corrected chi connectivity index (χ2v) is 10.8. The van der Waals surface area contributed by atoms with Crippen LogP contribution in [0.4, 0.5) is 0 Å². The summed E-state index contributed by atoms with van der Waals surface area (Å²) >= 11 is 14.5. The Balaban J connectivity index is 1.85. The fourth-order valence-corrected chi connectivity index (χ4v) is 6.20. The van der Waals surface area contributed by atoms with E-state index in [1.807, 2.05) is 53.1 Å². The summed E-state index contributed by atoms with van der Waals surface area (Å²) in [5.74, 6) is 1.24. The zero-order valence-electron chi connectivity index (χ0n) is 19.9. The molecule has 2 aromatic heterocycles. The van der Waals surface area contributed by atoms with Crippen LogP contribution in [-0.2, 0) is 12.3 Å². The zero-order chi connectivity index (χ0) is 24.9. The van der Waals surface area contributed by atoms with Crippen molar-refractivity contribution in [2.45, 2.75) is 31.3 Å². The van der Waals surface area contributed by atoms with Gasteiger partial charge in [-0.05, 0) is 55.1 Å². The first kappa shape index (κ1) is 25.9. The molecule has 0 aliphatic carbocycles. The van der Waals surface area contributed by atoms with E-state index in [-0.39, 0.29) is 5.56 Å². The smallest absolute Gasteiger partial charge is 0.278 e. The van der Waals surface area contributed by atoms with Crippen LogP contribution >= 0.6 is 46.9 Å². The summed E-state index contributed by atoms with van der Waals surface area (Å²) in [6, 6.07) is 15.2. The van der Waals surface area contributed by atoms with Gasteiger partial charge >= 0.3 is 0 Å². The summed E-state index contributed by atoms with van der Waals surface area (Å²) in [6.07, 6.45) is 0. The van der Waals surface area contributed by atoms with Gasteiger partial charge in [0.2, 0.25) is 0 Å². The third kappa shape index (κ3) is 5.65. The molecule has 0 aliphatic rings. The van der Waals surface area contributed by atoms with Crippen LogP contribution in [0.2, 0.25) is 5.02 Å². The van der Waals surface area contributed by atoms with E-state index in [0.29, 0.717) is 48.2 Å². The Kier molecular flexibility index (Phi) is 8.67. The molecular formula is C25H27ClN4O2S3. The summed E-state index contributed by atoms with van der Waals surface area (Å²) in [7, 11) is 1.60. The lowest BCUT2D eigenvalue weighted by Gasteiger charge is -2.18. The van der Waals surface area contributed by atoms with E-state index in [0.717, 1.165) is 25.2 Å². The van der Waals surface area contributed by atoms with Gasteiger partial charge in [-0.25, -0.2) is 4.98 Å². The van der Waals surface area contributed by atoms with Crippen LogP contribution in [0.3, 0.4) is 0 Å². The molecule has 10 heteroatoms. The van der Waals surface area contributed by atoms with Crippen molar-refractivity contribution >= 4 is 57.3 Å². The van der Waals surface area contributed by atoms with Crippen molar-refractivity contribution < 1.29 is 4.74 Å². The number of ether oxygens (including phenoxy) is 1. The number of para-hydroxylation sites is 2. The van der Waals surface area contributed by atoms with Gasteiger partial charge in [0.25, 0.3) is 5.56 Å². The molecule has 0 unspecified atom stereocenters. The van der Waals surface area contributed by atoms with Gasteiger partial charge in [0.05, 0.1) is 12.8 Å². The number of fused-ring (bicyclic) bond motifs is 1. The number of hydrogen-bond donors (Lipinski definition) is 0. The molecule has 0 saturated heterocycles. The van der Waals surface area contributed by atoms with Gasteiger partial charge < -0.3 is 14.2 Å². The molecule has 0 amide bonds. The van der Waals surface area contributed by atoms with Crippen molar-refractivity contribution in [2.24, 2.45) is 0 Å². The molecule has 0 aliphatic heterocycles. The molecule has 0 spiro atoms. The Bertz CT molecular complexity index is 1430. The highest BCUT2D eigenvalue weighted by atomic mass is 35.5. The van der Waals surface area contributed by atoms with Gasteiger partial charge in [0, 0.05) is 23.9 Å². The van der Waals surface area contributed by atoms with Gasteiger partial charge in [-0.2, -0.15) is 0 Å². The van der Waals surface area contributed by atoms with Crippen LogP contribution in [0.1, 0.15) is 19.4 Å². The number of rotatable bonds is 10. The predicted octanol–water partition coefficient (Wildman–Crippen LogP) is 6.27. The molecule has 0 saturated carbocycles. The quantitative estimate of drug-likeness (QED) is 0.133. The Morgan fingerprint density at radius 3 is 2.54 bits per heavy atom. The molecule has 35 heavy (non-hydrogen) atoms. The van der Waals surface area contributed by atoms with Crippen molar-refractivity contribution in [1.82, 2.24) is 19.0 Å². The summed E-state index contributed by atoms with van der Waals surface area (Å²) in [5, 5.41) is 1.28. The van der Waals surface area contributed by atoms with E-state index in [1.165, 1.54) is 23.1 Å². The van der Waals surface area contributed by atoms with E-state index in [4.69, 9.17) is 33.5 Å². The van der Waals surface area contributed by atoms with Crippen molar-refractivity contribution in [1.29, 1.82) is 0 Å². The first-order valence-corrected chi connectivity index (χ1v) is 13.9. The topological polar surface area (TPSA) is 52.3 Å². The normalized spacial score (nSPS) is 11.5. The number of thioether (sulfide) groups is 1. The third-order valence-corrected chi connectivity index (χ3v) is 8.49. The molecule has 0 fully saturated rings. The van der Waals surface area contributed by atoms with Crippen LogP contribution < -0.4 is 10.3 Å². The van der Waals surface area contributed by atoms with Crippen LogP contribution in [-0.4, -0.2) is 45.8 Å². The van der Waals surface area contributed by atoms with Crippen molar-refractivity contribution in [3.05, 3.63) is 73.4 Å². The summed E-state index contributed by atoms with van der Waals surface area (Å²) in [4.78, 5) is 21.2. The van der Waals surface area contributed by atoms with Gasteiger partial charge in [0.15, 0.2) is 14.8 Å². The first-order valence-electron chi connectivity index (χ1n) is 11.4. The maximum atomic E-state index is 13.9. The van der Waals surface area contributed by atoms with Crippen molar-refractivity contribution in [3.63, 3.8) is 0 Å². The van der Waals surface area contributed by atoms with Crippen LogP contribution in [0.15, 0.2) is 58.5 Å². The Labute approximate surface area is 223 Å². The number of benzene rings is 2. The molecule has 6 nitrogen and oxygen atoms in total. The Morgan fingerprint density at radius 1 is 1.14 bits per heavy atom. The Morgan fingerprint density at radius 2 is 1.86 bits per heavy atom. The van der Waals surface area contributed by atoms with E-state index >= 15 is 0 Å². The SMILES string of the molecule is CCN(CC)CCn1c(=S)sc2c(=O)n(-c3ccccc3OC)c(SCc3ccc(Cl)cc3)nc21. The number of halogens is 1. The zero-order valence-corrected chi connectivity index (χ0v) is 23.1. The highest BCUT2D eigenvalue weighted by Crippen LogP contribution is 2.30. The van der Waals surface area contributed by atoms with E-state index < -0.39 is 0 Å². The number of hydrogen-bond acceptors (Lipinski definition) is 7. The number of aromatic nitrogens is 3. The van der Waals surface area contributed by atoms with Crippen LogP contribution in [0.25, 0.3) is 16.0 Å². The van der Waals surface area contributed by atoms with Gasteiger partial charge in [-0.15, -0.1) is 0 Å². The highest BCUT2D eigenvalue weighted by Gasteiger charge is 2.20. The lowest BCUT2D eigenvalue weighted by molar-refractivity contribution is 0.291. The van der Waals surface area contributed by atoms with E-state index in [9.17, 15) is 4.79 Å². The molecule has 184 valence electrons. The largest absolute Gasteiger partial charge is 0.495 e. The second kappa shape index (κ2) is 11.7. The molecular weight excluding hydrogens is 520 g/mol. The molecule has 0 radical (unpaired) electrons. The average molecular weight is 547 g/mol. The number of thiazole rings is 1. The van der Waals surface area contributed by atoms with Crippen molar-refractivity contribution in [3.8, 4) is 11.4 Å². The second-order valence-electron chi connectivity index (χ2n) is 7.82. The maximum Gasteiger partial charge on any atom is 0.278 e. The molecule has 0 bridgehead atoms. The van der Waals surface area contributed by atoms with E-state index in [2.05, 4.69) is 18.7 Å². The van der Waals surface area contributed by atoms with E-state index in [1.54, 1.807) is 11.7 Å². The number of nitrogens with zero attached hydrogens (tertiary/aromatic N) is 4. The molecule has 0 atom stereocenters. The first-order chi connectivity index (χ1) is 17.0. The molecule has 4 aromatic rings. The minimum atomic E-state index is -0.143. The highest BCUT2D eigenvalue weighted by molar-refractivity contribution is 7.98. The van der Waals surface area contributed by atoms with Gasteiger partial charge in [-0.1, -0.05) is 72.8 Å². The van der Waals surface area contributed by atoms with Gasteiger partial charge in [-0.3, -0.25) is 9.36 Å². The summed E-state index contributed by atoms with van der Waals surface area (Å²) in [5.41, 5.74) is 2.24. The number of methoxy groups -OCH3 is 1. The average Bonchev–Trinajstić information content (AvgIpc) is 3.19. The van der Waals surface area contributed by atoms with Crippen LogP contribution in [0.5, 0.6) is 5.75 Å². The van der Waals surface area contributed by atoms with Gasteiger partial charge in [0.1, 0.15) is 10.4 Å². The van der Waals surface area contributed by atoms with Crippen molar-refractivity contribution in [2.75, 3.05) is 26.7 Å². The lowest BCUT2D eigenvalue weighted by Crippen LogP contribution is -2.27. The molecule has 2 heterocycles. The predicted molar refractivity (Wildman–Crippen MR) is 149 cm³/mol. The molecule has 4 rings (SSSR count). The summed E-state index contributed by atoms with van der Waals surface area (Å²) < 4.78 is 10.4. The lowest BCUT2D eigenvalue weighted by atomic mass is 10.2. The van der Waals surface area contributed by atoms with Crippen LogP contribution in [0, 0.1) is 3.95 Å².